The Morgan fingerprint density at radius 2 is 1.81 bits per heavy atom. The Bertz CT molecular complexity index is 1160. The van der Waals surface area contributed by atoms with Gasteiger partial charge in [-0.25, -0.2) is 17.2 Å². The third kappa shape index (κ3) is 7.91. The van der Waals surface area contributed by atoms with Crippen LogP contribution in [0.15, 0.2) is 42.5 Å². The average Bonchev–Trinajstić information content (AvgIpc) is 2.83. The van der Waals surface area contributed by atoms with Gasteiger partial charge in [0.05, 0.1) is 19.1 Å². The number of benzene rings is 2. The van der Waals surface area contributed by atoms with Crippen molar-refractivity contribution in [2.75, 3.05) is 30.8 Å². The standard InChI is InChI=1S/C25H33F2N3O5S/c1-5-7-13-28-25(32)23(6-2)29(16-18-9-8-10-20(14-18)35-3)24(31)17-30(36(4,33)34)19-11-12-21(26)22(27)15-19/h8-12,14-15,23H,5-7,13,16-17H2,1-4H3,(H,28,32)/t23-/m1/s1. The van der Waals surface area contributed by atoms with Gasteiger partial charge in [0.25, 0.3) is 0 Å². The first kappa shape index (κ1) is 29.0. The van der Waals surface area contributed by atoms with Crippen LogP contribution in [0.2, 0.25) is 0 Å². The van der Waals surface area contributed by atoms with Crippen molar-refractivity contribution in [1.29, 1.82) is 0 Å². The first-order valence-corrected chi connectivity index (χ1v) is 13.5. The molecule has 2 rings (SSSR count). The van der Waals surface area contributed by atoms with Gasteiger partial charge < -0.3 is 15.0 Å². The molecule has 0 saturated carbocycles. The summed E-state index contributed by atoms with van der Waals surface area (Å²) in [5.41, 5.74) is 0.466. The first-order valence-electron chi connectivity index (χ1n) is 11.6. The number of hydrogen-bond donors (Lipinski definition) is 1. The smallest absolute Gasteiger partial charge is 0.244 e. The summed E-state index contributed by atoms with van der Waals surface area (Å²) in [4.78, 5) is 27.8. The van der Waals surface area contributed by atoms with Crippen LogP contribution in [0.4, 0.5) is 14.5 Å². The molecule has 0 spiro atoms. The Hall–Kier alpha value is -3.21. The van der Waals surface area contributed by atoms with Crippen molar-refractivity contribution < 1.29 is 31.5 Å². The van der Waals surface area contributed by atoms with Gasteiger partial charge in [-0.2, -0.15) is 0 Å². The summed E-state index contributed by atoms with van der Waals surface area (Å²) in [6, 6.07) is 8.64. The zero-order valence-corrected chi connectivity index (χ0v) is 21.8. The highest BCUT2D eigenvalue weighted by molar-refractivity contribution is 7.92. The van der Waals surface area contributed by atoms with Crippen molar-refractivity contribution >= 4 is 27.5 Å². The number of nitrogens with zero attached hydrogens (tertiary/aromatic N) is 2. The normalized spacial score (nSPS) is 12.1. The van der Waals surface area contributed by atoms with Gasteiger partial charge in [0.15, 0.2) is 11.6 Å². The fourth-order valence-corrected chi connectivity index (χ4v) is 4.49. The number of hydrogen-bond acceptors (Lipinski definition) is 5. The maximum absolute atomic E-state index is 13.9. The molecule has 0 radical (unpaired) electrons. The lowest BCUT2D eigenvalue weighted by Crippen LogP contribution is -2.52. The van der Waals surface area contributed by atoms with E-state index < -0.39 is 40.2 Å². The SMILES string of the molecule is CCCCNC(=O)[C@@H](CC)N(Cc1cccc(OC)c1)C(=O)CN(c1ccc(F)c(F)c1)S(C)(=O)=O. The summed E-state index contributed by atoms with van der Waals surface area (Å²) >= 11 is 0. The van der Waals surface area contributed by atoms with Gasteiger partial charge in [-0.05, 0) is 42.7 Å². The van der Waals surface area contributed by atoms with Crippen LogP contribution in [0.5, 0.6) is 5.75 Å². The maximum atomic E-state index is 13.9. The van der Waals surface area contributed by atoms with Crippen LogP contribution in [0.3, 0.4) is 0 Å². The monoisotopic (exact) mass is 525 g/mol. The summed E-state index contributed by atoms with van der Waals surface area (Å²) in [6.07, 6.45) is 2.78. The third-order valence-electron chi connectivity index (χ3n) is 5.57. The zero-order chi connectivity index (χ0) is 26.9. The van der Waals surface area contributed by atoms with Gasteiger partial charge in [-0.15, -0.1) is 0 Å². The molecule has 0 heterocycles. The number of sulfonamides is 1. The summed E-state index contributed by atoms with van der Waals surface area (Å²) in [7, 11) is -2.55. The number of unbranched alkanes of at least 4 members (excludes halogenated alkanes) is 1. The highest BCUT2D eigenvalue weighted by Gasteiger charge is 2.32. The first-order chi connectivity index (χ1) is 17.0. The molecule has 0 aliphatic rings. The molecule has 0 aromatic heterocycles. The van der Waals surface area contributed by atoms with Crippen LogP contribution < -0.4 is 14.4 Å². The number of rotatable bonds is 13. The third-order valence-corrected chi connectivity index (χ3v) is 6.71. The van der Waals surface area contributed by atoms with Crippen LogP contribution in [0.1, 0.15) is 38.7 Å². The summed E-state index contributed by atoms with van der Waals surface area (Å²) < 4.78 is 58.3. The van der Waals surface area contributed by atoms with Crippen LogP contribution >= 0.6 is 0 Å². The van der Waals surface area contributed by atoms with Crippen LogP contribution in [0, 0.1) is 11.6 Å². The molecule has 198 valence electrons. The molecule has 36 heavy (non-hydrogen) atoms. The quantitative estimate of drug-likeness (QED) is 0.404. The van der Waals surface area contributed by atoms with Crippen molar-refractivity contribution in [3.05, 3.63) is 59.7 Å². The molecule has 0 aliphatic heterocycles. The highest BCUT2D eigenvalue weighted by Crippen LogP contribution is 2.22. The largest absolute Gasteiger partial charge is 0.497 e. The molecule has 0 unspecified atom stereocenters. The molecule has 1 atom stereocenters. The minimum atomic E-state index is -4.05. The van der Waals surface area contributed by atoms with E-state index in [1.165, 1.54) is 12.0 Å². The molecule has 2 amide bonds. The van der Waals surface area contributed by atoms with Gasteiger partial charge in [0.1, 0.15) is 18.3 Å². The molecule has 0 bridgehead atoms. The molecule has 2 aromatic rings. The highest BCUT2D eigenvalue weighted by atomic mass is 32.2. The van der Waals surface area contributed by atoms with Crippen molar-refractivity contribution in [1.82, 2.24) is 10.2 Å². The van der Waals surface area contributed by atoms with Gasteiger partial charge in [0, 0.05) is 19.2 Å². The van der Waals surface area contributed by atoms with E-state index in [-0.39, 0.29) is 24.6 Å². The molecule has 1 N–H and O–H groups in total. The van der Waals surface area contributed by atoms with Gasteiger partial charge >= 0.3 is 0 Å². The molecular formula is C25H33F2N3O5S. The summed E-state index contributed by atoms with van der Waals surface area (Å²) in [5.74, 6) is -2.87. The van der Waals surface area contributed by atoms with E-state index >= 15 is 0 Å². The maximum Gasteiger partial charge on any atom is 0.244 e. The van der Waals surface area contributed by atoms with E-state index in [0.717, 1.165) is 31.2 Å². The van der Waals surface area contributed by atoms with Crippen molar-refractivity contribution in [3.8, 4) is 5.75 Å². The number of nitrogens with one attached hydrogen (secondary N) is 1. The predicted molar refractivity (Wildman–Crippen MR) is 134 cm³/mol. The van der Waals surface area contributed by atoms with Crippen molar-refractivity contribution in [2.24, 2.45) is 0 Å². The van der Waals surface area contributed by atoms with Crippen LogP contribution in [-0.2, 0) is 26.2 Å². The van der Waals surface area contributed by atoms with E-state index in [1.54, 1.807) is 31.2 Å². The molecule has 0 aliphatic carbocycles. The Kier molecular flexibility index (Phi) is 10.6. The Labute approximate surface area is 211 Å². The number of methoxy groups -OCH3 is 1. The molecule has 0 fully saturated rings. The van der Waals surface area contributed by atoms with Gasteiger partial charge in [-0.1, -0.05) is 32.4 Å². The molecule has 11 heteroatoms. The topological polar surface area (TPSA) is 96.0 Å². The number of amides is 2. The van der Waals surface area contributed by atoms with Crippen molar-refractivity contribution in [3.63, 3.8) is 0 Å². The fraction of sp³-hybridized carbons (Fsp3) is 0.440. The summed E-state index contributed by atoms with van der Waals surface area (Å²) in [6.45, 7) is 3.48. The van der Waals surface area contributed by atoms with E-state index in [1.807, 2.05) is 6.92 Å². The lowest BCUT2D eigenvalue weighted by molar-refractivity contribution is -0.140. The van der Waals surface area contributed by atoms with Crippen LogP contribution in [0.25, 0.3) is 0 Å². The van der Waals surface area contributed by atoms with E-state index in [4.69, 9.17) is 4.74 Å². The number of anilines is 1. The lowest BCUT2D eigenvalue weighted by Gasteiger charge is -2.33. The molecule has 0 saturated heterocycles. The Balaban J connectivity index is 2.44. The molecular weight excluding hydrogens is 492 g/mol. The van der Waals surface area contributed by atoms with E-state index in [0.29, 0.717) is 28.2 Å². The lowest BCUT2D eigenvalue weighted by atomic mass is 10.1. The fourth-order valence-electron chi connectivity index (χ4n) is 3.65. The Morgan fingerprint density at radius 3 is 2.39 bits per heavy atom. The molecule has 8 nitrogen and oxygen atoms in total. The summed E-state index contributed by atoms with van der Waals surface area (Å²) in [5, 5.41) is 2.83. The van der Waals surface area contributed by atoms with E-state index in [2.05, 4.69) is 5.32 Å². The number of carbonyl (C=O) groups is 2. The minimum Gasteiger partial charge on any atom is -0.497 e. The zero-order valence-electron chi connectivity index (χ0n) is 21.0. The number of carbonyl (C=O) groups excluding carboxylic acids is 2. The number of ether oxygens (including phenoxy) is 1. The second-order valence-corrected chi connectivity index (χ2v) is 10.2. The number of halogens is 2. The minimum absolute atomic E-state index is 0.00508. The van der Waals surface area contributed by atoms with Crippen molar-refractivity contribution in [2.45, 2.75) is 45.7 Å². The van der Waals surface area contributed by atoms with Gasteiger partial charge in [-0.3, -0.25) is 13.9 Å². The van der Waals surface area contributed by atoms with Crippen LogP contribution in [-0.4, -0.2) is 57.6 Å². The Morgan fingerprint density at radius 1 is 1.08 bits per heavy atom. The second kappa shape index (κ2) is 13.2. The second-order valence-electron chi connectivity index (χ2n) is 8.31. The predicted octanol–water partition coefficient (Wildman–Crippen LogP) is 3.46. The van der Waals surface area contributed by atoms with Gasteiger partial charge in [0.2, 0.25) is 21.8 Å². The molecule has 2 aromatic carbocycles. The van der Waals surface area contributed by atoms with E-state index in [9.17, 15) is 26.8 Å². The average molecular weight is 526 g/mol.